The molecule has 0 aliphatic carbocycles. The molecule has 0 amide bonds. The molecule has 3 nitrogen and oxygen atoms in total. The zero-order valence-electron chi connectivity index (χ0n) is 9.44. The molecule has 0 fully saturated rings. The van der Waals surface area contributed by atoms with Gasteiger partial charge in [-0.2, -0.15) is 0 Å². The molecule has 0 aliphatic rings. The number of nitrogens with zero attached hydrogens (tertiary/aromatic N) is 1. The zero-order valence-corrected chi connectivity index (χ0v) is 11.8. The molecule has 1 aromatic carbocycles. The third-order valence-electron chi connectivity index (χ3n) is 2.26. The molecule has 2 rings (SSSR count). The number of esters is 1. The molecule has 6 heteroatoms. The van der Waals surface area contributed by atoms with E-state index >= 15 is 0 Å². The second kappa shape index (κ2) is 5.69. The van der Waals surface area contributed by atoms with Gasteiger partial charge in [-0.05, 0) is 18.2 Å². The van der Waals surface area contributed by atoms with Gasteiger partial charge < -0.3 is 4.74 Å². The van der Waals surface area contributed by atoms with Gasteiger partial charge in [0.15, 0.2) is 0 Å². The molecular formula is C12H9Cl2NO2S. The van der Waals surface area contributed by atoms with Crippen molar-refractivity contribution in [2.24, 2.45) is 0 Å². The standard InChI is InChI=1S/C12H9Cl2NO2S/c1-17-11(16)5-8-6-18-12(15-8)9-4-7(13)2-3-10(9)14/h2-4,6H,5H2,1H3. The topological polar surface area (TPSA) is 39.2 Å². The number of rotatable bonds is 3. The SMILES string of the molecule is COC(=O)Cc1csc(-c2cc(Cl)ccc2Cl)n1. The van der Waals surface area contributed by atoms with E-state index in [9.17, 15) is 4.79 Å². The molecule has 2 aromatic rings. The summed E-state index contributed by atoms with van der Waals surface area (Å²) < 4.78 is 4.59. The first-order valence-corrected chi connectivity index (χ1v) is 6.70. The Morgan fingerprint density at radius 2 is 2.22 bits per heavy atom. The number of thiazole rings is 1. The van der Waals surface area contributed by atoms with Gasteiger partial charge in [-0.3, -0.25) is 4.79 Å². The summed E-state index contributed by atoms with van der Waals surface area (Å²) in [7, 11) is 1.35. The molecule has 1 heterocycles. The third kappa shape index (κ3) is 3.02. The number of methoxy groups -OCH3 is 1. The van der Waals surface area contributed by atoms with Crippen LogP contribution in [0.1, 0.15) is 5.69 Å². The van der Waals surface area contributed by atoms with Crippen molar-refractivity contribution in [1.29, 1.82) is 0 Å². The quantitative estimate of drug-likeness (QED) is 0.809. The first-order chi connectivity index (χ1) is 8.60. The lowest BCUT2D eigenvalue weighted by molar-refractivity contribution is -0.139. The average Bonchev–Trinajstić information content (AvgIpc) is 2.80. The van der Waals surface area contributed by atoms with Gasteiger partial charge in [-0.15, -0.1) is 11.3 Å². The number of ether oxygens (including phenoxy) is 1. The second-order valence-corrected chi connectivity index (χ2v) is 5.22. The van der Waals surface area contributed by atoms with Crippen LogP contribution in [0.2, 0.25) is 10.0 Å². The Bertz CT molecular complexity index is 583. The number of aromatic nitrogens is 1. The van der Waals surface area contributed by atoms with Crippen LogP contribution in [0.4, 0.5) is 0 Å². The molecule has 0 aliphatic heterocycles. The summed E-state index contributed by atoms with van der Waals surface area (Å²) in [5.41, 5.74) is 1.43. The fraction of sp³-hybridized carbons (Fsp3) is 0.167. The van der Waals surface area contributed by atoms with Crippen molar-refractivity contribution >= 4 is 40.5 Å². The van der Waals surface area contributed by atoms with Crippen LogP contribution in [-0.2, 0) is 16.0 Å². The molecule has 0 bridgehead atoms. The number of carbonyl (C=O) groups is 1. The van der Waals surface area contributed by atoms with E-state index in [1.807, 2.05) is 5.38 Å². The van der Waals surface area contributed by atoms with Crippen LogP contribution >= 0.6 is 34.5 Å². The lowest BCUT2D eigenvalue weighted by Crippen LogP contribution is -2.04. The van der Waals surface area contributed by atoms with E-state index < -0.39 is 0 Å². The Kier molecular flexibility index (Phi) is 4.22. The van der Waals surface area contributed by atoms with Crippen LogP contribution in [0, 0.1) is 0 Å². The molecule has 0 N–H and O–H groups in total. The molecule has 0 unspecified atom stereocenters. The minimum Gasteiger partial charge on any atom is -0.469 e. The first-order valence-electron chi connectivity index (χ1n) is 5.07. The summed E-state index contributed by atoms with van der Waals surface area (Å²) in [4.78, 5) is 15.5. The fourth-order valence-electron chi connectivity index (χ4n) is 1.39. The Morgan fingerprint density at radius 3 is 2.94 bits per heavy atom. The van der Waals surface area contributed by atoms with Crippen molar-refractivity contribution in [3.8, 4) is 10.6 Å². The summed E-state index contributed by atoms with van der Waals surface area (Å²) >= 11 is 13.4. The Morgan fingerprint density at radius 1 is 1.44 bits per heavy atom. The maximum atomic E-state index is 11.1. The minimum atomic E-state index is -0.316. The van der Waals surface area contributed by atoms with Crippen LogP contribution in [0.15, 0.2) is 23.6 Å². The Hall–Kier alpha value is -1.10. The highest BCUT2D eigenvalue weighted by Crippen LogP contribution is 2.32. The molecular weight excluding hydrogens is 293 g/mol. The van der Waals surface area contributed by atoms with E-state index in [2.05, 4.69) is 9.72 Å². The van der Waals surface area contributed by atoms with Crippen LogP contribution in [-0.4, -0.2) is 18.1 Å². The maximum absolute atomic E-state index is 11.1. The van der Waals surface area contributed by atoms with Crippen molar-refractivity contribution in [2.75, 3.05) is 7.11 Å². The van der Waals surface area contributed by atoms with Crippen LogP contribution < -0.4 is 0 Å². The fourth-order valence-corrected chi connectivity index (χ4v) is 2.68. The van der Waals surface area contributed by atoms with E-state index in [4.69, 9.17) is 23.2 Å². The van der Waals surface area contributed by atoms with Crippen molar-refractivity contribution in [3.63, 3.8) is 0 Å². The zero-order chi connectivity index (χ0) is 13.1. The molecule has 0 radical (unpaired) electrons. The van der Waals surface area contributed by atoms with Gasteiger partial charge in [0.1, 0.15) is 5.01 Å². The van der Waals surface area contributed by atoms with Gasteiger partial charge in [-0.1, -0.05) is 23.2 Å². The molecule has 18 heavy (non-hydrogen) atoms. The lowest BCUT2D eigenvalue weighted by atomic mass is 10.2. The van der Waals surface area contributed by atoms with Gasteiger partial charge in [0.25, 0.3) is 0 Å². The van der Waals surface area contributed by atoms with Crippen LogP contribution in [0.5, 0.6) is 0 Å². The van der Waals surface area contributed by atoms with E-state index in [0.29, 0.717) is 15.7 Å². The van der Waals surface area contributed by atoms with Gasteiger partial charge in [0, 0.05) is 16.0 Å². The highest BCUT2D eigenvalue weighted by atomic mass is 35.5. The maximum Gasteiger partial charge on any atom is 0.311 e. The Labute approximate surface area is 118 Å². The molecule has 0 spiro atoms. The van der Waals surface area contributed by atoms with Gasteiger partial charge >= 0.3 is 5.97 Å². The van der Waals surface area contributed by atoms with Crippen molar-refractivity contribution in [3.05, 3.63) is 39.3 Å². The van der Waals surface area contributed by atoms with Crippen molar-refractivity contribution in [1.82, 2.24) is 4.98 Å². The highest BCUT2D eigenvalue weighted by molar-refractivity contribution is 7.13. The van der Waals surface area contributed by atoms with E-state index in [1.54, 1.807) is 18.2 Å². The van der Waals surface area contributed by atoms with Crippen molar-refractivity contribution in [2.45, 2.75) is 6.42 Å². The summed E-state index contributed by atoms with van der Waals surface area (Å²) in [5.74, 6) is -0.316. The summed E-state index contributed by atoms with van der Waals surface area (Å²) in [5, 5.41) is 3.72. The molecule has 94 valence electrons. The highest BCUT2D eigenvalue weighted by Gasteiger charge is 2.11. The molecule has 0 saturated heterocycles. The van der Waals surface area contributed by atoms with Crippen LogP contribution in [0.25, 0.3) is 10.6 Å². The number of halogens is 2. The third-order valence-corrected chi connectivity index (χ3v) is 3.75. The predicted octanol–water partition coefficient (Wildman–Crippen LogP) is 3.83. The molecule has 1 aromatic heterocycles. The summed E-state index contributed by atoms with van der Waals surface area (Å²) in [6.07, 6.45) is 0.158. The van der Waals surface area contributed by atoms with Crippen LogP contribution in [0.3, 0.4) is 0 Å². The lowest BCUT2D eigenvalue weighted by Gasteiger charge is -2.00. The number of benzene rings is 1. The monoisotopic (exact) mass is 301 g/mol. The number of hydrogen-bond donors (Lipinski definition) is 0. The van der Waals surface area contributed by atoms with Gasteiger partial charge in [-0.25, -0.2) is 4.98 Å². The van der Waals surface area contributed by atoms with E-state index in [-0.39, 0.29) is 12.4 Å². The number of hydrogen-bond acceptors (Lipinski definition) is 4. The average molecular weight is 302 g/mol. The number of carbonyl (C=O) groups excluding carboxylic acids is 1. The summed E-state index contributed by atoms with van der Waals surface area (Å²) in [6, 6.07) is 5.20. The normalized spacial score (nSPS) is 10.4. The Balaban J connectivity index is 2.29. The smallest absolute Gasteiger partial charge is 0.311 e. The molecule has 0 saturated carbocycles. The van der Waals surface area contributed by atoms with Gasteiger partial charge in [0.2, 0.25) is 0 Å². The minimum absolute atomic E-state index is 0.158. The first kappa shape index (κ1) is 13.3. The van der Waals surface area contributed by atoms with E-state index in [0.717, 1.165) is 10.6 Å². The largest absolute Gasteiger partial charge is 0.469 e. The van der Waals surface area contributed by atoms with E-state index in [1.165, 1.54) is 18.4 Å². The van der Waals surface area contributed by atoms with Crippen molar-refractivity contribution < 1.29 is 9.53 Å². The molecule has 0 atom stereocenters. The summed E-state index contributed by atoms with van der Waals surface area (Å²) in [6.45, 7) is 0. The van der Waals surface area contributed by atoms with Gasteiger partial charge in [0.05, 0.1) is 24.2 Å². The second-order valence-electron chi connectivity index (χ2n) is 3.52. The predicted molar refractivity (Wildman–Crippen MR) is 73.3 cm³/mol.